The number of nitrogens with zero attached hydrogens (tertiary/aromatic N) is 2. The van der Waals surface area contributed by atoms with Crippen LogP contribution in [0.15, 0.2) is 47.4 Å². The standard InChI is InChI=1S/C23H27FN2O4S/c1-16(2)22(27)26-11-10-17-4-9-21(12-18(17)13-26)31(28,29)25(3)23(14-30-15-23)19-5-7-20(24)8-6-19/h4-9,12,16H,10-11,13-15H2,1-3H3. The summed E-state index contributed by atoms with van der Waals surface area (Å²) in [5.41, 5.74) is 1.74. The highest BCUT2D eigenvalue weighted by molar-refractivity contribution is 7.89. The van der Waals surface area contributed by atoms with Gasteiger partial charge in [-0.2, -0.15) is 4.31 Å². The topological polar surface area (TPSA) is 66.9 Å². The smallest absolute Gasteiger partial charge is 0.243 e. The minimum absolute atomic E-state index is 0.0675. The number of benzene rings is 2. The van der Waals surface area contributed by atoms with Crippen LogP contribution in [-0.2, 0) is 38.1 Å². The maximum atomic E-state index is 13.5. The molecule has 0 aromatic heterocycles. The summed E-state index contributed by atoms with van der Waals surface area (Å²) >= 11 is 0. The number of amides is 1. The van der Waals surface area contributed by atoms with E-state index in [1.807, 2.05) is 19.9 Å². The van der Waals surface area contributed by atoms with Gasteiger partial charge in [-0.3, -0.25) is 4.79 Å². The molecule has 1 fully saturated rings. The van der Waals surface area contributed by atoms with Crippen LogP contribution in [-0.4, -0.2) is 50.3 Å². The minimum atomic E-state index is -3.85. The van der Waals surface area contributed by atoms with Gasteiger partial charge in [-0.05, 0) is 47.4 Å². The molecule has 2 aromatic rings. The zero-order valence-corrected chi connectivity index (χ0v) is 18.8. The van der Waals surface area contributed by atoms with Gasteiger partial charge in [0.2, 0.25) is 15.9 Å². The Morgan fingerprint density at radius 2 is 1.81 bits per heavy atom. The van der Waals surface area contributed by atoms with Crippen LogP contribution in [0.3, 0.4) is 0 Å². The summed E-state index contributed by atoms with van der Waals surface area (Å²) in [6.07, 6.45) is 0.706. The van der Waals surface area contributed by atoms with Crippen molar-refractivity contribution in [1.82, 2.24) is 9.21 Å². The first kappa shape index (κ1) is 21.9. The van der Waals surface area contributed by atoms with Crippen molar-refractivity contribution in [2.45, 2.75) is 37.2 Å². The van der Waals surface area contributed by atoms with Crippen LogP contribution in [0, 0.1) is 11.7 Å². The molecule has 1 amide bonds. The molecule has 0 bridgehead atoms. The number of carbonyl (C=O) groups is 1. The van der Waals surface area contributed by atoms with Gasteiger partial charge < -0.3 is 9.64 Å². The highest BCUT2D eigenvalue weighted by Crippen LogP contribution is 2.39. The maximum absolute atomic E-state index is 13.5. The average Bonchev–Trinajstić information content (AvgIpc) is 2.72. The third kappa shape index (κ3) is 3.77. The molecule has 0 radical (unpaired) electrons. The predicted octanol–water partition coefficient (Wildman–Crippen LogP) is 2.91. The van der Waals surface area contributed by atoms with Gasteiger partial charge in [-0.1, -0.05) is 32.0 Å². The zero-order chi connectivity index (χ0) is 22.4. The predicted molar refractivity (Wildman–Crippen MR) is 114 cm³/mol. The van der Waals surface area contributed by atoms with E-state index in [4.69, 9.17) is 4.74 Å². The van der Waals surface area contributed by atoms with Crippen molar-refractivity contribution in [2.75, 3.05) is 26.8 Å². The molecule has 2 heterocycles. The Morgan fingerprint density at radius 3 is 2.39 bits per heavy atom. The summed E-state index contributed by atoms with van der Waals surface area (Å²) in [5, 5.41) is 0. The number of ether oxygens (including phenoxy) is 1. The molecular weight excluding hydrogens is 419 g/mol. The molecular formula is C23H27FN2O4S. The van der Waals surface area contributed by atoms with Crippen LogP contribution in [0.1, 0.15) is 30.5 Å². The fraction of sp³-hybridized carbons (Fsp3) is 0.435. The fourth-order valence-corrected chi connectivity index (χ4v) is 5.74. The van der Waals surface area contributed by atoms with Crippen molar-refractivity contribution in [2.24, 2.45) is 5.92 Å². The highest BCUT2D eigenvalue weighted by atomic mass is 32.2. The molecule has 2 aliphatic heterocycles. The second-order valence-corrected chi connectivity index (χ2v) is 10.6. The number of fused-ring (bicyclic) bond motifs is 1. The zero-order valence-electron chi connectivity index (χ0n) is 18.0. The molecule has 0 spiro atoms. The Labute approximate surface area is 182 Å². The van der Waals surface area contributed by atoms with E-state index >= 15 is 0 Å². The number of carbonyl (C=O) groups excluding carboxylic acids is 1. The number of sulfonamides is 1. The number of hydrogen-bond acceptors (Lipinski definition) is 4. The minimum Gasteiger partial charge on any atom is -0.377 e. The molecule has 8 heteroatoms. The second kappa shape index (κ2) is 8.00. The van der Waals surface area contributed by atoms with E-state index in [0.29, 0.717) is 25.1 Å². The Balaban J connectivity index is 1.65. The quantitative estimate of drug-likeness (QED) is 0.708. The third-order valence-electron chi connectivity index (χ3n) is 6.32. The second-order valence-electron chi connectivity index (χ2n) is 8.60. The first-order valence-electron chi connectivity index (χ1n) is 10.4. The molecule has 2 aromatic carbocycles. The third-order valence-corrected chi connectivity index (χ3v) is 8.24. The number of likely N-dealkylation sites (N-methyl/N-ethyl adjacent to an activating group) is 1. The molecule has 0 saturated carbocycles. The van der Waals surface area contributed by atoms with E-state index in [1.165, 1.54) is 23.5 Å². The molecule has 1 saturated heterocycles. The lowest BCUT2D eigenvalue weighted by molar-refractivity contribution is -0.135. The molecule has 0 unspecified atom stereocenters. The molecule has 6 nitrogen and oxygen atoms in total. The Bertz CT molecular complexity index is 1100. The average molecular weight is 447 g/mol. The van der Waals surface area contributed by atoms with Gasteiger partial charge in [-0.15, -0.1) is 0 Å². The van der Waals surface area contributed by atoms with Crippen LogP contribution in [0.2, 0.25) is 0 Å². The highest BCUT2D eigenvalue weighted by Gasteiger charge is 2.49. The summed E-state index contributed by atoms with van der Waals surface area (Å²) in [5.74, 6) is -0.411. The monoisotopic (exact) mass is 446 g/mol. The van der Waals surface area contributed by atoms with Crippen molar-refractivity contribution in [3.8, 4) is 0 Å². The van der Waals surface area contributed by atoms with E-state index in [-0.39, 0.29) is 35.8 Å². The Kier molecular flexibility index (Phi) is 5.66. The van der Waals surface area contributed by atoms with Crippen LogP contribution in [0.4, 0.5) is 4.39 Å². The van der Waals surface area contributed by atoms with E-state index in [0.717, 1.165) is 11.1 Å². The summed E-state index contributed by atoms with van der Waals surface area (Å²) in [6.45, 7) is 5.19. The lowest BCUT2D eigenvalue weighted by Crippen LogP contribution is -2.59. The van der Waals surface area contributed by atoms with E-state index in [2.05, 4.69) is 0 Å². The lowest BCUT2D eigenvalue weighted by Gasteiger charge is -2.47. The fourth-order valence-electron chi connectivity index (χ4n) is 4.22. The molecule has 2 aliphatic rings. The van der Waals surface area contributed by atoms with Crippen molar-refractivity contribution >= 4 is 15.9 Å². The van der Waals surface area contributed by atoms with Crippen molar-refractivity contribution in [3.63, 3.8) is 0 Å². The maximum Gasteiger partial charge on any atom is 0.243 e. The van der Waals surface area contributed by atoms with Crippen molar-refractivity contribution < 1.29 is 22.3 Å². The summed E-state index contributed by atoms with van der Waals surface area (Å²) in [4.78, 5) is 14.4. The largest absolute Gasteiger partial charge is 0.377 e. The SMILES string of the molecule is CC(C)C(=O)N1CCc2ccc(S(=O)(=O)N(C)C3(c4ccc(F)cc4)COC3)cc2C1. The van der Waals surface area contributed by atoms with Gasteiger partial charge in [0.05, 0.1) is 18.1 Å². The number of rotatable bonds is 5. The molecule has 0 aliphatic carbocycles. The van der Waals surface area contributed by atoms with Crippen LogP contribution in [0.5, 0.6) is 0 Å². The summed E-state index contributed by atoms with van der Waals surface area (Å²) < 4.78 is 47.2. The van der Waals surface area contributed by atoms with E-state index in [9.17, 15) is 17.6 Å². The lowest BCUT2D eigenvalue weighted by atomic mass is 9.88. The van der Waals surface area contributed by atoms with Crippen LogP contribution < -0.4 is 0 Å². The molecule has 0 N–H and O–H groups in total. The van der Waals surface area contributed by atoms with Gasteiger partial charge in [0.1, 0.15) is 11.4 Å². The molecule has 166 valence electrons. The number of halogens is 1. The van der Waals surface area contributed by atoms with Crippen LogP contribution >= 0.6 is 0 Å². The van der Waals surface area contributed by atoms with E-state index in [1.54, 1.807) is 29.2 Å². The van der Waals surface area contributed by atoms with Gasteiger partial charge in [0.25, 0.3) is 0 Å². The van der Waals surface area contributed by atoms with Crippen molar-refractivity contribution in [3.05, 3.63) is 65.0 Å². The summed E-state index contributed by atoms with van der Waals surface area (Å²) in [6, 6.07) is 11.0. The van der Waals surface area contributed by atoms with Gasteiger partial charge in [0, 0.05) is 26.1 Å². The number of hydrogen-bond donors (Lipinski definition) is 0. The first-order valence-corrected chi connectivity index (χ1v) is 11.8. The normalized spacial score (nSPS) is 18.1. The van der Waals surface area contributed by atoms with Crippen molar-refractivity contribution in [1.29, 1.82) is 0 Å². The van der Waals surface area contributed by atoms with E-state index < -0.39 is 15.6 Å². The summed E-state index contributed by atoms with van der Waals surface area (Å²) in [7, 11) is -2.31. The van der Waals surface area contributed by atoms with Gasteiger partial charge in [-0.25, -0.2) is 12.8 Å². The molecule has 0 atom stereocenters. The van der Waals surface area contributed by atoms with Gasteiger partial charge >= 0.3 is 0 Å². The van der Waals surface area contributed by atoms with Crippen LogP contribution in [0.25, 0.3) is 0 Å². The first-order chi connectivity index (χ1) is 14.6. The molecule has 31 heavy (non-hydrogen) atoms. The van der Waals surface area contributed by atoms with Gasteiger partial charge in [0.15, 0.2) is 0 Å². The Morgan fingerprint density at radius 1 is 1.13 bits per heavy atom. The Hall–Kier alpha value is -2.29. The molecule has 4 rings (SSSR count).